The van der Waals surface area contributed by atoms with Crippen LogP contribution >= 0.6 is 0 Å². The van der Waals surface area contributed by atoms with E-state index in [1.54, 1.807) is 13.1 Å². The Balaban J connectivity index is 1.94. The fourth-order valence-electron chi connectivity index (χ4n) is 2.40. The fraction of sp³-hybridized carbons (Fsp3) is 0.571. The number of nitrogens with one attached hydrogen (secondary N) is 1. The van der Waals surface area contributed by atoms with Gasteiger partial charge in [0.2, 0.25) is 0 Å². The summed E-state index contributed by atoms with van der Waals surface area (Å²) in [5, 5.41) is 13.9. The molecule has 1 aromatic carbocycles. The second-order valence-corrected chi connectivity index (χ2v) is 4.89. The van der Waals surface area contributed by atoms with E-state index < -0.39 is 0 Å². The van der Waals surface area contributed by atoms with E-state index in [0.29, 0.717) is 24.8 Å². The van der Waals surface area contributed by atoms with Crippen LogP contribution in [0.3, 0.4) is 0 Å². The highest BCUT2D eigenvalue weighted by molar-refractivity contribution is 5.65. The molecule has 1 N–H and O–H groups in total. The molecule has 2 rings (SSSR count). The van der Waals surface area contributed by atoms with Gasteiger partial charge in [-0.1, -0.05) is 12.1 Å². The monoisotopic (exact) mass is 280 g/mol. The van der Waals surface area contributed by atoms with Crippen molar-refractivity contribution in [2.24, 2.45) is 5.92 Å². The van der Waals surface area contributed by atoms with Gasteiger partial charge >= 0.3 is 0 Å². The van der Waals surface area contributed by atoms with Gasteiger partial charge < -0.3 is 14.8 Å². The molecular weight excluding hydrogens is 260 g/mol. The van der Waals surface area contributed by atoms with Crippen molar-refractivity contribution in [3.8, 4) is 0 Å². The van der Waals surface area contributed by atoms with Gasteiger partial charge in [-0.2, -0.15) is 0 Å². The third kappa shape index (κ3) is 3.68. The first-order valence-corrected chi connectivity index (χ1v) is 6.82. The highest BCUT2D eigenvalue weighted by atomic mass is 16.6. The number of nitro groups is 1. The van der Waals surface area contributed by atoms with Gasteiger partial charge in [-0.3, -0.25) is 10.1 Å². The molecule has 0 aromatic heterocycles. The molecule has 0 atom stereocenters. The lowest BCUT2D eigenvalue weighted by Crippen LogP contribution is -2.20. The topological polar surface area (TPSA) is 73.6 Å². The summed E-state index contributed by atoms with van der Waals surface area (Å²) in [6.07, 6.45) is 2.04. The maximum absolute atomic E-state index is 11.0. The molecule has 110 valence electrons. The van der Waals surface area contributed by atoms with Crippen molar-refractivity contribution >= 4 is 11.4 Å². The molecular formula is C14H20N2O4. The lowest BCUT2D eigenvalue weighted by molar-refractivity contribution is -0.384. The first-order chi connectivity index (χ1) is 9.72. The zero-order chi connectivity index (χ0) is 14.4. The van der Waals surface area contributed by atoms with Gasteiger partial charge in [0.25, 0.3) is 5.69 Å². The predicted molar refractivity (Wildman–Crippen MR) is 75.8 cm³/mol. The first-order valence-electron chi connectivity index (χ1n) is 6.82. The van der Waals surface area contributed by atoms with Gasteiger partial charge in [0, 0.05) is 31.9 Å². The van der Waals surface area contributed by atoms with Crippen LogP contribution in [-0.4, -0.2) is 31.8 Å². The van der Waals surface area contributed by atoms with Crippen LogP contribution in [0.15, 0.2) is 18.2 Å². The second kappa shape index (κ2) is 7.21. The van der Waals surface area contributed by atoms with E-state index >= 15 is 0 Å². The van der Waals surface area contributed by atoms with Crippen LogP contribution in [0.2, 0.25) is 0 Å². The first kappa shape index (κ1) is 14.7. The van der Waals surface area contributed by atoms with E-state index in [2.05, 4.69) is 5.32 Å². The summed E-state index contributed by atoms with van der Waals surface area (Å²) in [5.41, 5.74) is 1.43. The third-order valence-electron chi connectivity index (χ3n) is 3.53. The standard InChI is InChI=1S/C14H20N2O4/c1-15-14-12(3-2-4-13(14)16(17)18)10-20-9-11-5-7-19-8-6-11/h2-4,11,15H,5-10H2,1H3. The predicted octanol–water partition coefficient (Wildman–Crippen LogP) is 2.58. The molecule has 0 bridgehead atoms. The summed E-state index contributed by atoms with van der Waals surface area (Å²) < 4.78 is 11.0. The van der Waals surface area contributed by atoms with Crippen LogP contribution in [-0.2, 0) is 16.1 Å². The molecule has 1 aromatic rings. The van der Waals surface area contributed by atoms with Crippen LogP contribution in [0.4, 0.5) is 11.4 Å². The summed E-state index contributed by atoms with van der Waals surface area (Å²) in [7, 11) is 1.68. The fourth-order valence-corrected chi connectivity index (χ4v) is 2.40. The number of anilines is 1. The maximum atomic E-state index is 11.0. The smallest absolute Gasteiger partial charge is 0.292 e. The Morgan fingerprint density at radius 3 is 2.85 bits per heavy atom. The molecule has 1 saturated heterocycles. The van der Waals surface area contributed by atoms with Crippen LogP contribution in [0.25, 0.3) is 0 Å². The van der Waals surface area contributed by atoms with Crippen LogP contribution in [0, 0.1) is 16.0 Å². The molecule has 0 spiro atoms. The lowest BCUT2D eigenvalue weighted by Gasteiger charge is -2.22. The number of benzene rings is 1. The lowest BCUT2D eigenvalue weighted by atomic mass is 10.0. The van der Waals surface area contributed by atoms with E-state index in [1.807, 2.05) is 6.07 Å². The zero-order valence-corrected chi connectivity index (χ0v) is 11.6. The summed E-state index contributed by atoms with van der Waals surface area (Å²) >= 11 is 0. The minimum Gasteiger partial charge on any atom is -0.382 e. The van der Waals surface area contributed by atoms with Crippen molar-refractivity contribution in [1.82, 2.24) is 0 Å². The number of nitrogens with zero attached hydrogens (tertiary/aromatic N) is 1. The van der Waals surface area contributed by atoms with Gasteiger partial charge in [-0.05, 0) is 18.8 Å². The number of hydrogen-bond acceptors (Lipinski definition) is 5. The normalized spacial score (nSPS) is 16.1. The molecule has 0 unspecified atom stereocenters. The van der Waals surface area contributed by atoms with Crippen molar-refractivity contribution in [2.45, 2.75) is 19.4 Å². The molecule has 0 saturated carbocycles. The average Bonchev–Trinajstić information content (AvgIpc) is 2.48. The van der Waals surface area contributed by atoms with Crippen molar-refractivity contribution in [3.63, 3.8) is 0 Å². The Hall–Kier alpha value is -1.66. The molecule has 1 aliphatic rings. The highest BCUT2D eigenvalue weighted by Gasteiger charge is 2.17. The number of ether oxygens (including phenoxy) is 2. The number of nitro benzene ring substituents is 1. The Kier molecular flexibility index (Phi) is 5.31. The maximum Gasteiger partial charge on any atom is 0.292 e. The van der Waals surface area contributed by atoms with Crippen molar-refractivity contribution in [2.75, 3.05) is 32.2 Å². The molecule has 1 fully saturated rings. The Morgan fingerprint density at radius 2 is 2.20 bits per heavy atom. The average molecular weight is 280 g/mol. The van der Waals surface area contributed by atoms with E-state index in [9.17, 15) is 10.1 Å². The molecule has 0 amide bonds. The quantitative estimate of drug-likeness (QED) is 0.640. The van der Waals surface area contributed by atoms with Gasteiger partial charge in [-0.25, -0.2) is 0 Å². The molecule has 6 nitrogen and oxygen atoms in total. The van der Waals surface area contributed by atoms with Crippen molar-refractivity contribution in [3.05, 3.63) is 33.9 Å². The Bertz CT molecular complexity index is 458. The Morgan fingerprint density at radius 1 is 1.45 bits per heavy atom. The van der Waals surface area contributed by atoms with Crippen molar-refractivity contribution in [1.29, 1.82) is 0 Å². The molecule has 0 radical (unpaired) electrons. The van der Waals surface area contributed by atoms with Gasteiger partial charge in [0.05, 0.1) is 18.1 Å². The zero-order valence-electron chi connectivity index (χ0n) is 11.6. The molecule has 0 aliphatic carbocycles. The van der Waals surface area contributed by atoms with E-state index in [4.69, 9.17) is 9.47 Å². The van der Waals surface area contributed by atoms with E-state index in [1.165, 1.54) is 6.07 Å². The van der Waals surface area contributed by atoms with Crippen LogP contribution < -0.4 is 5.32 Å². The number of rotatable bonds is 6. The molecule has 1 heterocycles. The Labute approximate surface area is 118 Å². The number of hydrogen-bond donors (Lipinski definition) is 1. The summed E-state index contributed by atoms with van der Waals surface area (Å²) in [6.45, 7) is 2.66. The highest BCUT2D eigenvalue weighted by Crippen LogP contribution is 2.28. The summed E-state index contributed by atoms with van der Waals surface area (Å²) in [4.78, 5) is 10.6. The summed E-state index contributed by atoms with van der Waals surface area (Å²) in [6, 6.07) is 5.03. The second-order valence-electron chi connectivity index (χ2n) is 4.89. The summed E-state index contributed by atoms with van der Waals surface area (Å²) in [5.74, 6) is 0.528. The van der Waals surface area contributed by atoms with E-state index in [-0.39, 0.29) is 10.6 Å². The van der Waals surface area contributed by atoms with Gasteiger partial charge in [0.1, 0.15) is 5.69 Å². The minimum absolute atomic E-state index is 0.0830. The SMILES string of the molecule is CNc1c(COCC2CCOCC2)cccc1[N+](=O)[O-]. The minimum atomic E-state index is -0.381. The van der Waals surface area contributed by atoms with E-state index in [0.717, 1.165) is 31.6 Å². The largest absolute Gasteiger partial charge is 0.382 e. The molecule has 1 aliphatic heterocycles. The van der Waals surface area contributed by atoms with Crippen LogP contribution in [0.1, 0.15) is 18.4 Å². The molecule has 6 heteroatoms. The van der Waals surface area contributed by atoms with Gasteiger partial charge in [0.15, 0.2) is 0 Å². The number of para-hydroxylation sites is 1. The third-order valence-corrected chi connectivity index (χ3v) is 3.53. The van der Waals surface area contributed by atoms with Crippen LogP contribution in [0.5, 0.6) is 0 Å². The molecule has 20 heavy (non-hydrogen) atoms. The van der Waals surface area contributed by atoms with Crippen molar-refractivity contribution < 1.29 is 14.4 Å². The van der Waals surface area contributed by atoms with Gasteiger partial charge in [-0.15, -0.1) is 0 Å².